The van der Waals surface area contributed by atoms with E-state index in [0.29, 0.717) is 12.5 Å². The van der Waals surface area contributed by atoms with E-state index in [0.717, 1.165) is 16.7 Å². The maximum Gasteiger partial charge on any atom is 0.213 e. The molecule has 0 saturated carbocycles. The summed E-state index contributed by atoms with van der Waals surface area (Å²) in [6.45, 7) is 4.46. The van der Waals surface area contributed by atoms with Crippen molar-refractivity contribution in [3.8, 4) is 5.88 Å². The SMILES string of the molecule is CCOc1cc(C)c(C(O)c2ccccc2)cn1. The molecular weight excluding hydrogens is 226 g/mol. The van der Waals surface area contributed by atoms with Crippen LogP contribution in [0.2, 0.25) is 0 Å². The van der Waals surface area contributed by atoms with Crippen molar-refractivity contribution in [2.24, 2.45) is 0 Å². The Hall–Kier alpha value is -1.87. The lowest BCUT2D eigenvalue weighted by atomic mass is 9.99. The van der Waals surface area contributed by atoms with Gasteiger partial charge in [0.2, 0.25) is 5.88 Å². The summed E-state index contributed by atoms with van der Waals surface area (Å²) < 4.78 is 5.33. The number of benzene rings is 1. The first-order valence-electron chi connectivity index (χ1n) is 6.04. The summed E-state index contributed by atoms with van der Waals surface area (Å²) >= 11 is 0. The maximum absolute atomic E-state index is 10.3. The van der Waals surface area contributed by atoms with Gasteiger partial charge in [0, 0.05) is 17.8 Å². The lowest BCUT2D eigenvalue weighted by molar-refractivity contribution is 0.218. The fraction of sp³-hybridized carbons (Fsp3) is 0.267. The average molecular weight is 243 g/mol. The molecule has 2 rings (SSSR count). The first-order chi connectivity index (χ1) is 8.72. The largest absolute Gasteiger partial charge is 0.478 e. The lowest BCUT2D eigenvalue weighted by Crippen LogP contribution is -2.04. The molecule has 0 aliphatic heterocycles. The van der Waals surface area contributed by atoms with Gasteiger partial charge in [0.05, 0.1) is 6.61 Å². The number of rotatable bonds is 4. The van der Waals surface area contributed by atoms with Gasteiger partial charge in [-0.05, 0) is 25.0 Å². The number of hydrogen-bond donors (Lipinski definition) is 1. The van der Waals surface area contributed by atoms with Crippen LogP contribution in [0.3, 0.4) is 0 Å². The minimum atomic E-state index is -0.644. The molecule has 0 radical (unpaired) electrons. The van der Waals surface area contributed by atoms with Gasteiger partial charge in [-0.2, -0.15) is 0 Å². The fourth-order valence-electron chi connectivity index (χ4n) is 1.87. The third-order valence-corrected chi connectivity index (χ3v) is 2.83. The monoisotopic (exact) mass is 243 g/mol. The molecule has 1 aromatic heterocycles. The van der Waals surface area contributed by atoms with Gasteiger partial charge in [-0.15, -0.1) is 0 Å². The van der Waals surface area contributed by atoms with Crippen LogP contribution in [-0.4, -0.2) is 16.7 Å². The molecule has 2 aromatic rings. The molecule has 0 amide bonds. The molecule has 0 aliphatic rings. The summed E-state index contributed by atoms with van der Waals surface area (Å²) in [5.41, 5.74) is 2.65. The van der Waals surface area contributed by atoms with Crippen molar-refractivity contribution in [2.45, 2.75) is 20.0 Å². The van der Waals surface area contributed by atoms with Gasteiger partial charge < -0.3 is 9.84 Å². The Morgan fingerprint density at radius 1 is 1.28 bits per heavy atom. The molecule has 3 heteroatoms. The molecule has 0 spiro atoms. The minimum Gasteiger partial charge on any atom is -0.478 e. The van der Waals surface area contributed by atoms with Crippen LogP contribution in [0.15, 0.2) is 42.6 Å². The molecule has 1 N–H and O–H groups in total. The van der Waals surface area contributed by atoms with Crippen molar-refractivity contribution < 1.29 is 9.84 Å². The Morgan fingerprint density at radius 2 is 2.00 bits per heavy atom. The zero-order chi connectivity index (χ0) is 13.0. The molecular formula is C15H17NO2. The van der Waals surface area contributed by atoms with Crippen LogP contribution in [-0.2, 0) is 0 Å². The number of hydrogen-bond acceptors (Lipinski definition) is 3. The summed E-state index contributed by atoms with van der Waals surface area (Å²) in [6, 6.07) is 11.4. The van der Waals surface area contributed by atoms with Crippen molar-refractivity contribution in [1.82, 2.24) is 4.98 Å². The predicted molar refractivity (Wildman–Crippen MR) is 70.6 cm³/mol. The van der Waals surface area contributed by atoms with Gasteiger partial charge in [0.25, 0.3) is 0 Å². The number of aromatic nitrogens is 1. The van der Waals surface area contributed by atoms with Crippen molar-refractivity contribution in [3.63, 3.8) is 0 Å². The first-order valence-corrected chi connectivity index (χ1v) is 6.04. The van der Waals surface area contributed by atoms with Crippen LogP contribution in [0.4, 0.5) is 0 Å². The van der Waals surface area contributed by atoms with Gasteiger partial charge in [-0.1, -0.05) is 30.3 Å². The third-order valence-electron chi connectivity index (χ3n) is 2.83. The molecule has 0 saturated heterocycles. The van der Waals surface area contributed by atoms with E-state index in [2.05, 4.69) is 4.98 Å². The van der Waals surface area contributed by atoms with Gasteiger partial charge in [-0.25, -0.2) is 4.98 Å². The number of aryl methyl sites for hydroxylation is 1. The van der Waals surface area contributed by atoms with E-state index in [9.17, 15) is 5.11 Å². The average Bonchev–Trinajstić information content (AvgIpc) is 2.40. The van der Waals surface area contributed by atoms with Crippen LogP contribution >= 0.6 is 0 Å². The molecule has 0 fully saturated rings. The van der Waals surface area contributed by atoms with E-state index in [4.69, 9.17) is 4.74 Å². The Bertz CT molecular complexity index is 511. The molecule has 18 heavy (non-hydrogen) atoms. The van der Waals surface area contributed by atoms with E-state index in [1.165, 1.54) is 0 Å². The molecule has 3 nitrogen and oxygen atoms in total. The summed E-state index contributed by atoms with van der Waals surface area (Å²) in [5, 5.41) is 10.3. The highest BCUT2D eigenvalue weighted by Crippen LogP contribution is 2.25. The summed E-state index contributed by atoms with van der Waals surface area (Å²) in [6.07, 6.45) is 1.03. The van der Waals surface area contributed by atoms with E-state index in [1.807, 2.05) is 50.2 Å². The third kappa shape index (κ3) is 2.68. The molecule has 1 aromatic carbocycles. The molecule has 1 unspecified atom stereocenters. The Kier molecular flexibility index (Phi) is 3.95. The van der Waals surface area contributed by atoms with Crippen LogP contribution in [0.1, 0.15) is 29.7 Å². The number of ether oxygens (including phenoxy) is 1. The molecule has 94 valence electrons. The van der Waals surface area contributed by atoms with Gasteiger partial charge >= 0.3 is 0 Å². The quantitative estimate of drug-likeness (QED) is 0.897. The number of aliphatic hydroxyl groups excluding tert-OH is 1. The van der Waals surface area contributed by atoms with Gasteiger partial charge in [-0.3, -0.25) is 0 Å². The van der Waals surface area contributed by atoms with Crippen LogP contribution in [0.25, 0.3) is 0 Å². The van der Waals surface area contributed by atoms with Gasteiger partial charge in [0.1, 0.15) is 6.10 Å². The first kappa shape index (κ1) is 12.6. The Morgan fingerprint density at radius 3 is 2.61 bits per heavy atom. The number of pyridine rings is 1. The highest BCUT2D eigenvalue weighted by atomic mass is 16.5. The molecule has 0 aliphatic carbocycles. The summed E-state index contributed by atoms with van der Waals surface area (Å²) in [7, 11) is 0. The van der Waals surface area contributed by atoms with Crippen LogP contribution < -0.4 is 4.74 Å². The number of nitrogens with zero attached hydrogens (tertiary/aromatic N) is 1. The van der Waals surface area contributed by atoms with E-state index < -0.39 is 6.10 Å². The van der Waals surface area contributed by atoms with Crippen molar-refractivity contribution >= 4 is 0 Å². The Labute approximate surface area is 107 Å². The topological polar surface area (TPSA) is 42.4 Å². The van der Waals surface area contributed by atoms with Crippen LogP contribution in [0.5, 0.6) is 5.88 Å². The van der Waals surface area contributed by atoms with Gasteiger partial charge in [0.15, 0.2) is 0 Å². The second-order valence-corrected chi connectivity index (χ2v) is 4.13. The Balaban J connectivity index is 2.28. The van der Waals surface area contributed by atoms with E-state index >= 15 is 0 Å². The van der Waals surface area contributed by atoms with E-state index in [-0.39, 0.29) is 0 Å². The predicted octanol–water partition coefficient (Wildman–Crippen LogP) is 2.87. The zero-order valence-corrected chi connectivity index (χ0v) is 10.6. The van der Waals surface area contributed by atoms with Crippen molar-refractivity contribution in [1.29, 1.82) is 0 Å². The minimum absolute atomic E-state index is 0.590. The highest BCUT2D eigenvalue weighted by Gasteiger charge is 2.13. The normalized spacial score (nSPS) is 12.2. The standard InChI is InChI=1S/C15H17NO2/c1-3-18-14-9-11(2)13(10-16-14)15(17)12-7-5-4-6-8-12/h4-10,15,17H,3H2,1-2H3. The second kappa shape index (κ2) is 5.65. The van der Waals surface area contributed by atoms with Crippen LogP contribution in [0, 0.1) is 6.92 Å². The number of aliphatic hydroxyl groups is 1. The van der Waals surface area contributed by atoms with Crippen molar-refractivity contribution in [3.05, 3.63) is 59.3 Å². The second-order valence-electron chi connectivity index (χ2n) is 4.13. The summed E-state index contributed by atoms with van der Waals surface area (Å²) in [4.78, 5) is 4.19. The van der Waals surface area contributed by atoms with E-state index in [1.54, 1.807) is 6.20 Å². The highest BCUT2D eigenvalue weighted by molar-refractivity contribution is 5.35. The smallest absolute Gasteiger partial charge is 0.213 e. The lowest BCUT2D eigenvalue weighted by Gasteiger charge is -2.14. The fourth-order valence-corrected chi connectivity index (χ4v) is 1.87. The molecule has 1 atom stereocenters. The molecule has 1 heterocycles. The zero-order valence-electron chi connectivity index (χ0n) is 10.6. The summed E-state index contributed by atoms with van der Waals surface area (Å²) in [5.74, 6) is 0.596. The van der Waals surface area contributed by atoms with Crippen molar-refractivity contribution in [2.75, 3.05) is 6.61 Å². The maximum atomic E-state index is 10.3. The molecule has 0 bridgehead atoms.